The maximum absolute atomic E-state index is 10.4. The summed E-state index contributed by atoms with van der Waals surface area (Å²) in [5, 5.41) is 20.8. The molecule has 0 radical (unpaired) electrons. The predicted molar refractivity (Wildman–Crippen MR) is 224 cm³/mol. The number of hydrogen-bond donors (Lipinski definition) is 0. The predicted octanol–water partition coefficient (Wildman–Crippen LogP) is 12.4. The zero-order valence-corrected chi connectivity index (χ0v) is 35.9. The molecule has 0 spiro atoms. The van der Waals surface area contributed by atoms with E-state index < -0.39 is 11.9 Å². The van der Waals surface area contributed by atoms with E-state index in [1.165, 1.54) is 152 Å². The molecular formula is C48H78MgO4. The Kier molecular flexibility index (Phi) is 37.1. The van der Waals surface area contributed by atoms with Crippen LogP contribution in [0.25, 0.3) is 0 Å². The van der Waals surface area contributed by atoms with Crippen molar-refractivity contribution in [1.29, 1.82) is 0 Å². The second-order valence-corrected chi connectivity index (χ2v) is 15.4. The van der Waals surface area contributed by atoms with Crippen molar-refractivity contribution in [3.8, 4) is 0 Å². The van der Waals surface area contributed by atoms with Crippen LogP contribution < -0.4 is 10.2 Å². The summed E-state index contributed by atoms with van der Waals surface area (Å²) in [5.74, 6) is -0.446. The summed E-state index contributed by atoms with van der Waals surface area (Å²) in [6, 6.07) is 22.0. The van der Waals surface area contributed by atoms with E-state index in [-0.39, 0.29) is 35.9 Å². The first-order valence-electron chi connectivity index (χ1n) is 22.0. The molecule has 5 heteroatoms. The quantitative estimate of drug-likeness (QED) is 0.0528. The Morgan fingerprint density at radius 1 is 0.396 bits per heavy atom. The van der Waals surface area contributed by atoms with Gasteiger partial charge in [0.05, 0.1) is 0 Å². The first-order chi connectivity index (χ1) is 25.5. The number of benzene rings is 2. The van der Waals surface area contributed by atoms with Gasteiger partial charge >= 0.3 is 23.1 Å². The minimum Gasteiger partial charge on any atom is -0.550 e. The van der Waals surface area contributed by atoms with Gasteiger partial charge in [0.25, 0.3) is 0 Å². The topological polar surface area (TPSA) is 80.3 Å². The SMILES string of the molecule is CCCCCCCCCC(CCCCCCCC(=O)[O-])c1ccccc1.CCCCCCCCCC(CCCCCCCC(=O)[O-])c1ccccc1.[Mg+2]. The number of rotatable bonds is 34. The maximum atomic E-state index is 10.4. The Morgan fingerprint density at radius 3 is 0.906 bits per heavy atom. The van der Waals surface area contributed by atoms with Gasteiger partial charge in [-0.3, -0.25) is 0 Å². The molecule has 0 aliphatic rings. The van der Waals surface area contributed by atoms with Crippen LogP contribution in [-0.4, -0.2) is 35.0 Å². The summed E-state index contributed by atoms with van der Waals surface area (Å²) in [7, 11) is 0. The molecule has 4 nitrogen and oxygen atoms in total. The second-order valence-electron chi connectivity index (χ2n) is 15.4. The van der Waals surface area contributed by atoms with Crippen LogP contribution in [0.4, 0.5) is 0 Å². The Hall–Kier alpha value is -1.85. The van der Waals surface area contributed by atoms with Crippen molar-refractivity contribution < 1.29 is 19.8 Å². The average molecular weight is 743 g/mol. The maximum Gasteiger partial charge on any atom is 2.00 e. The van der Waals surface area contributed by atoms with E-state index >= 15 is 0 Å². The van der Waals surface area contributed by atoms with E-state index in [9.17, 15) is 19.8 Å². The Bertz CT molecular complexity index is 974. The van der Waals surface area contributed by atoms with Gasteiger partial charge in [-0.2, -0.15) is 0 Å². The summed E-state index contributed by atoms with van der Waals surface area (Å²) >= 11 is 0. The van der Waals surface area contributed by atoms with Crippen LogP contribution in [0.2, 0.25) is 0 Å². The Morgan fingerprint density at radius 2 is 0.642 bits per heavy atom. The van der Waals surface area contributed by atoms with Crippen LogP contribution in [0.5, 0.6) is 0 Å². The molecule has 2 rings (SSSR count). The second kappa shape index (κ2) is 38.4. The van der Waals surface area contributed by atoms with Crippen LogP contribution in [-0.2, 0) is 9.59 Å². The zero-order chi connectivity index (χ0) is 37.7. The molecule has 0 bridgehead atoms. The Labute approximate surface area is 343 Å². The molecular weight excluding hydrogens is 665 g/mol. The summed E-state index contributed by atoms with van der Waals surface area (Å²) in [6.07, 6.45) is 35.6. The van der Waals surface area contributed by atoms with Crippen molar-refractivity contribution in [3.63, 3.8) is 0 Å². The smallest absolute Gasteiger partial charge is 0.550 e. The first-order valence-corrected chi connectivity index (χ1v) is 22.0. The number of carbonyl (C=O) groups is 2. The molecule has 2 unspecified atom stereocenters. The molecule has 0 saturated carbocycles. The number of unbranched alkanes of at least 4 members (excludes halogenated alkanes) is 20. The van der Waals surface area contributed by atoms with Gasteiger partial charge in [0.2, 0.25) is 0 Å². The molecule has 2 atom stereocenters. The van der Waals surface area contributed by atoms with E-state index in [0.29, 0.717) is 11.8 Å². The van der Waals surface area contributed by atoms with E-state index in [0.717, 1.165) is 38.5 Å². The van der Waals surface area contributed by atoms with Crippen molar-refractivity contribution in [2.45, 2.75) is 218 Å². The number of carbonyl (C=O) groups excluding carboxylic acids is 2. The fourth-order valence-corrected chi connectivity index (χ4v) is 7.48. The van der Waals surface area contributed by atoms with E-state index in [4.69, 9.17) is 0 Å². The van der Waals surface area contributed by atoms with Gasteiger partial charge in [-0.15, -0.1) is 0 Å². The normalized spacial score (nSPS) is 12.0. The molecule has 0 aliphatic carbocycles. The largest absolute Gasteiger partial charge is 2.00 e. The van der Waals surface area contributed by atoms with Crippen molar-refractivity contribution in [1.82, 2.24) is 0 Å². The third-order valence-electron chi connectivity index (χ3n) is 10.7. The summed E-state index contributed by atoms with van der Waals surface area (Å²) in [4.78, 5) is 20.8. The van der Waals surface area contributed by atoms with E-state index in [2.05, 4.69) is 74.5 Å². The molecule has 0 heterocycles. The van der Waals surface area contributed by atoms with Gasteiger partial charge in [0, 0.05) is 11.9 Å². The van der Waals surface area contributed by atoms with Gasteiger partial charge in [-0.1, -0.05) is 216 Å². The van der Waals surface area contributed by atoms with Crippen LogP contribution in [0, 0.1) is 0 Å². The summed E-state index contributed by atoms with van der Waals surface area (Å²) < 4.78 is 0. The molecule has 0 saturated heterocycles. The first kappa shape index (κ1) is 51.1. The molecule has 0 aromatic heterocycles. The van der Waals surface area contributed by atoms with Crippen LogP contribution in [0.3, 0.4) is 0 Å². The van der Waals surface area contributed by atoms with E-state index in [1.54, 1.807) is 0 Å². The Balaban J connectivity index is 0.00000100. The van der Waals surface area contributed by atoms with Crippen molar-refractivity contribution in [2.75, 3.05) is 0 Å². The van der Waals surface area contributed by atoms with Gasteiger partial charge in [-0.05, 0) is 74.3 Å². The van der Waals surface area contributed by atoms with Gasteiger partial charge in [0.15, 0.2) is 0 Å². The van der Waals surface area contributed by atoms with Crippen LogP contribution >= 0.6 is 0 Å². The third-order valence-corrected chi connectivity index (χ3v) is 10.7. The standard InChI is InChI=1S/2C24H40O2.Mg/c2*1-2-3-4-5-6-8-12-17-22(23-19-14-11-15-20-23)18-13-9-7-10-16-21-24(25)26;/h2*11,14-15,19-20,22H,2-10,12-13,16-18,21H2,1H3,(H,25,26);/q;;+2/p-2. The molecule has 0 fully saturated rings. The average Bonchev–Trinajstić information content (AvgIpc) is 3.15. The van der Waals surface area contributed by atoms with Crippen molar-refractivity contribution in [3.05, 3.63) is 71.8 Å². The van der Waals surface area contributed by atoms with Crippen molar-refractivity contribution >= 4 is 35.0 Å². The number of carboxylic acids is 2. The third kappa shape index (κ3) is 32.1. The monoisotopic (exact) mass is 743 g/mol. The fraction of sp³-hybridized carbons (Fsp3) is 0.708. The van der Waals surface area contributed by atoms with Crippen LogP contribution in [0.15, 0.2) is 60.7 Å². The van der Waals surface area contributed by atoms with Gasteiger partial charge in [-0.25, -0.2) is 0 Å². The van der Waals surface area contributed by atoms with Gasteiger partial charge in [0.1, 0.15) is 0 Å². The van der Waals surface area contributed by atoms with Crippen molar-refractivity contribution in [2.24, 2.45) is 0 Å². The number of hydrogen-bond acceptors (Lipinski definition) is 4. The molecule has 0 amide bonds. The van der Waals surface area contributed by atoms with Crippen LogP contribution in [0.1, 0.15) is 229 Å². The summed E-state index contributed by atoms with van der Waals surface area (Å²) in [5.41, 5.74) is 2.99. The molecule has 0 N–H and O–H groups in total. The fourth-order valence-electron chi connectivity index (χ4n) is 7.48. The minimum atomic E-state index is -0.913. The molecule has 2 aromatic rings. The zero-order valence-electron chi connectivity index (χ0n) is 34.5. The number of aliphatic carboxylic acids is 2. The minimum absolute atomic E-state index is 0. The van der Waals surface area contributed by atoms with E-state index in [1.807, 2.05) is 0 Å². The number of carboxylic acid groups (broad SMARTS) is 2. The summed E-state index contributed by atoms with van der Waals surface area (Å²) in [6.45, 7) is 4.54. The molecule has 296 valence electrons. The molecule has 0 aliphatic heterocycles. The molecule has 53 heavy (non-hydrogen) atoms. The molecule has 2 aromatic carbocycles. The van der Waals surface area contributed by atoms with Gasteiger partial charge < -0.3 is 19.8 Å².